The lowest BCUT2D eigenvalue weighted by Crippen LogP contribution is -2.33. The van der Waals surface area contributed by atoms with Crippen LogP contribution in [0.25, 0.3) is 0 Å². The number of benzene rings is 1. The van der Waals surface area contributed by atoms with E-state index in [1.807, 2.05) is 24.3 Å². The van der Waals surface area contributed by atoms with Crippen molar-refractivity contribution in [1.82, 2.24) is 0 Å². The molecule has 0 saturated heterocycles. The molecule has 1 unspecified atom stereocenters. The smallest absolute Gasteiger partial charge is 0.193 e. The molecule has 3 N–H and O–H groups in total. The molecule has 0 amide bonds. The van der Waals surface area contributed by atoms with E-state index >= 15 is 0 Å². The third-order valence-electron chi connectivity index (χ3n) is 3.04. The summed E-state index contributed by atoms with van der Waals surface area (Å²) in [6.07, 6.45) is 0.0266. The number of nitrogens with zero attached hydrogens (tertiary/aromatic N) is 1. The Balaban J connectivity index is 2.60. The maximum atomic E-state index is 5.87. The highest BCUT2D eigenvalue weighted by atomic mass is 16.5. The van der Waals surface area contributed by atoms with Crippen molar-refractivity contribution in [2.45, 2.75) is 26.9 Å². The van der Waals surface area contributed by atoms with Crippen LogP contribution in [0.15, 0.2) is 29.3 Å². The van der Waals surface area contributed by atoms with Crippen LogP contribution in [0.5, 0.6) is 5.75 Å². The molecule has 0 heterocycles. The van der Waals surface area contributed by atoms with Gasteiger partial charge < -0.3 is 20.5 Å². The van der Waals surface area contributed by atoms with Crippen molar-refractivity contribution in [3.05, 3.63) is 24.3 Å². The first-order valence-corrected chi connectivity index (χ1v) is 6.60. The van der Waals surface area contributed by atoms with Crippen molar-refractivity contribution in [1.29, 1.82) is 0 Å². The van der Waals surface area contributed by atoms with Gasteiger partial charge >= 0.3 is 0 Å². The summed E-state index contributed by atoms with van der Waals surface area (Å²) < 4.78 is 10.5. The summed E-state index contributed by atoms with van der Waals surface area (Å²) in [5.74, 6) is 1.18. The van der Waals surface area contributed by atoms with Crippen LogP contribution in [0, 0.1) is 5.41 Å². The zero-order valence-corrected chi connectivity index (χ0v) is 12.9. The van der Waals surface area contributed by atoms with Gasteiger partial charge in [-0.1, -0.05) is 20.8 Å². The first-order valence-electron chi connectivity index (χ1n) is 6.60. The van der Waals surface area contributed by atoms with Crippen molar-refractivity contribution >= 4 is 11.6 Å². The summed E-state index contributed by atoms with van der Waals surface area (Å²) >= 11 is 0. The van der Waals surface area contributed by atoms with Crippen molar-refractivity contribution < 1.29 is 9.47 Å². The van der Waals surface area contributed by atoms with Gasteiger partial charge in [-0.3, -0.25) is 4.99 Å². The molecule has 1 aromatic carbocycles. The van der Waals surface area contributed by atoms with Crippen molar-refractivity contribution in [3.63, 3.8) is 0 Å². The lowest BCUT2D eigenvalue weighted by atomic mass is 9.89. The zero-order valence-electron chi connectivity index (χ0n) is 12.9. The van der Waals surface area contributed by atoms with E-state index in [9.17, 15) is 0 Å². The summed E-state index contributed by atoms with van der Waals surface area (Å²) in [4.78, 5) is 4.33. The molecule has 20 heavy (non-hydrogen) atoms. The second kappa shape index (κ2) is 7.14. The van der Waals surface area contributed by atoms with Crippen LogP contribution in [-0.2, 0) is 4.74 Å². The van der Waals surface area contributed by atoms with E-state index in [-0.39, 0.29) is 11.5 Å². The second-order valence-corrected chi connectivity index (χ2v) is 5.67. The van der Waals surface area contributed by atoms with Gasteiger partial charge in [-0.25, -0.2) is 0 Å². The quantitative estimate of drug-likeness (QED) is 0.642. The molecular formula is C15H25N3O2. The summed E-state index contributed by atoms with van der Waals surface area (Å²) in [5.41, 5.74) is 6.77. The fraction of sp³-hybridized carbons (Fsp3) is 0.533. The minimum absolute atomic E-state index is 0.0264. The molecule has 0 aliphatic heterocycles. The number of guanidine groups is 1. The third-order valence-corrected chi connectivity index (χ3v) is 3.04. The van der Waals surface area contributed by atoms with Crippen LogP contribution in [0.2, 0.25) is 0 Å². The van der Waals surface area contributed by atoms with Gasteiger partial charge in [0.05, 0.1) is 19.8 Å². The summed E-state index contributed by atoms with van der Waals surface area (Å²) in [6, 6.07) is 7.50. The molecule has 112 valence electrons. The number of aliphatic imine (C=N–C) groups is 1. The van der Waals surface area contributed by atoms with E-state index in [1.165, 1.54) is 0 Å². The number of rotatable bonds is 5. The maximum Gasteiger partial charge on any atom is 0.193 e. The highest BCUT2D eigenvalue weighted by Gasteiger charge is 2.23. The van der Waals surface area contributed by atoms with Gasteiger partial charge in [-0.2, -0.15) is 0 Å². The lowest BCUT2D eigenvalue weighted by molar-refractivity contribution is 0.0242. The van der Waals surface area contributed by atoms with E-state index in [4.69, 9.17) is 15.2 Å². The maximum absolute atomic E-state index is 5.87. The van der Waals surface area contributed by atoms with Crippen molar-refractivity contribution in [2.24, 2.45) is 16.1 Å². The molecule has 0 bridgehead atoms. The Morgan fingerprint density at radius 1 is 1.25 bits per heavy atom. The van der Waals surface area contributed by atoms with Crippen LogP contribution >= 0.6 is 0 Å². The number of nitrogens with two attached hydrogens (primary N) is 1. The average Bonchev–Trinajstić information content (AvgIpc) is 2.38. The Bertz CT molecular complexity index is 435. The largest absolute Gasteiger partial charge is 0.497 e. The average molecular weight is 279 g/mol. The van der Waals surface area contributed by atoms with Crippen LogP contribution in [0.3, 0.4) is 0 Å². The number of anilines is 1. The number of nitrogens with one attached hydrogen (secondary N) is 1. The second-order valence-electron chi connectivity index (χ2n) is 5.67. The predicted molar refractivity (Wildman–Crippen MR) is 83.4 cm³/mol. The van der Waals surface area contributed by atoms with Gasteiger partial charge in [0.25, 0.3) is 0 Å². The monoisotopic (exact) mass is 279 g/mol. The first-order chi connectivity index (χ1) is 9.36. The van der Waals surface area contributed by atoms with E-state index in [0.717, 1.165) is 11.4 Å². The molecule has 0 radical (unpaired) electrons. The number of hydrogen-bond acceptors (Lipinski definition) is 3. The number of ether oxygens (including phenoxy) is 2. The van der Waals surface area contributed by atoms with Gasteiger partial charge in [0, 0.05) is 12.8 Å². The SMILES string of the molecule is COc1ccc(NC(N)=NCC(OC)C(C)(C)C)cc1. The lowest BCUT2D eigenvalue weighted by Gasteiger charge is -2.27. The summed E-state index contributed by atoms with van der Waals surface area (Å²) in [7, 11) is 3.33. The minimum Gasteiger partial charge on any atom is -0.497 e. The van der Waals surface area contributed by atoms with Gasteiger partial charge in [-0.05, 0) is 29.7 Å². The third kappa shape index (κ3) is 5.09. The van der Waals surface area contributed by atoms with E-state index in [0.29, 0.717) is 12.5 Å². The molecule has 1 aromatic rings. The normalized spacial score (nSPS) is 13.9. The van der Waals surface area contributed by atoms with Gasteiger partial charge in [0.2, 0.25) is 0 Å². The molecule has 0 fully saturated rings. The molecule has 0 spiro atoms. The van der Waals surface area contributed by atoms with E-state index in [1.54, 1.807) is 14.2 Å². The Morgan fingerprint density at radius 3 is 2.30 bits per heavy atom. The molecule has 5 nitrogen and oxygen atoms in total. The Labute approximate surface area is 121 Å². The number of methoxy groups -OCH3 is 2. The minimum atomic E-state index is 0.0264. The van der Waals surface area contributed by atoms with Crippen LogP contribution in [-0.4, -0.2) is 32.8 Å². The predicted octanol–water partition coefficient (Wildman–Crippen LogP) is 2.48. The zero-order chi connectivity index (χ0) is 15.2. The summed E-state index contributed by atoms with van der Waals surface area (Å²) in [5, 5.41) is 3.04. The highest BCUT2D eigenvalue weighted by Crippen LogP contribution is 2.22. The highest BCUT2D eigenvalue weighted by molar-refractivity contribution is 5.92. The Hall–Kier alpha value is -1.75. The topological polar surface area (TPSA) is 68.9 Å². The number of hydrogen-bond donors (Lipinski definition) is 2. The molecule has 0 aromatic heterocycles. The van der Waals surface area contributed by atoms with Gasteiger partial charge in [0.15, 0.2) is 5.96 Å². The molecule has 0 aliphatic rings. The van der Waals surface area contributed by atoms with Crippen molar-refractivity contribution in [3.8, 4) is 5.75 Å². The van der Waals surface area contributed by atoms with E-state index in [2.05, 4.69) is 31.1 Å². The van der Waals surface area contributed by atoms with Crippen LogP contribution < -0.4 is 15.8 Å². The van der Waals surface area contributed by atoms with Gasteiger partial charge in [-0.15, -0.1) is 0 Å². The van der Waals surface area contributed by atoms with Crippen molar-refractivity contribution in [2.75, 3.05) is 26.1 Å². The Morgan fingerprint density at radius 2 is 1.85 bits per heavy atom. The fourth-order valence-electron chi connectivity index (χ4n) is 1.74. The van der Waals surface area contributed by atoms with Crippen LogP contribution in [0.1, 0.15) is 20.8 Å². The molecular weight excluding hydrogens is 254 g/mol. The van der Waals surface area contributed by atoms with Gasteiger partial charge in [0.1, 0.15) is 5.75 Å². The Kier molecular flexibility index (Phi) is 5.82. The molecule has 1 atom stereocenters. The molecule has 5 heteroatoms. The van der Waals surface area contributed by atoms with E-state index < -0.39 is 0 Å². The first kappa shape index (κ1) is 16.3. The molecule has 0 saturated carbocycles. The molecule has 0 aliphatic carbocycles. The standard InChI is InChI=1S/C15H25N3O2/c1-15(2,3)13(20-5)10-17-14(16)18-11-6-8-12(19-4)9-7-11/h6-9,13H,10H2,1-5H3,(H3,16,17,18). The molecule has 1 rings (SSSR count). The summed E-state index contributed by atoms with van der Waals surface area (Å²) in [6.45, 7) is 6.87. The fourth-order valence-corrected chi connectivity index (χ4v) is 1.74. The van der Waals surface area contributed by atoms with Crippen LogP contribution in [0.4, 0.5) is 5.69 Å².